The van der Waals surface area contributed by atoms with Gasteiger partial charge in [0.1, 0.15) is 0 Å². The van der Waals surface area contributed by atoms with Gasteiger partial charge in [-0.25, -0.2) is 0 Å². The van der Waals surface area contributed by atoms with Crippen LogP contribution in [0.5, 0.6) is 0 Å². The molecule has 0 aromatic rings. The van der Waals surface area contributed by atoms with E-state index < -0.39 is 0 Å². The summed E-state index contributed by atoms with van der Waals surface area (Å²) in [7, 11) is 0. The maximum absolute atomic E-state index is 2.38. The predicted molar refractivity (Wildman–Crippen MR) is 210 cm³/mol. The lowest BCUT2D eigenvalue weighted by Crippen LogP contribution is -2.01. The first-order valence-corrected chi connectivity index (χ1v) is 22.3. The largest absolute Gasteiger partial charge is 0.0654 e. The molecule has 0 heterocycles. The topological polar surface area (TPSA) is 0 Å². The molecule has 1 atom stereocenters. The minimum absolute atomic E-state index is 1.03. The van der Waals surface area contributed by atoms with Gasteiger partial charge in [0, 0.05) is 0 Å². The van der Waals surface area contributed by atoms with Crippen molar-refractivity contribution >= 4 is 0 Å². The van der Waals surface area contributed by atoms with E-state index in [0.29, 0.717) is 0 Å². The first-order chi connectivity index (χ1) is 22.3. The lowest BCUT2D eigenvalue weighted by molar-refractivity contribution is 0.370. The van der Waals surface area contributed by atoms with Crippen molar-refractivity contribution in [3.05, 3.63) is 0 Å². The van der Waals surface area contributed by atoms with E-state index in [-0.39, 0.29) is 0 Å². The Morgan fingerprint density at radius 1 is 0.178 bits per heavy atom. The fourth-order valence-electron chi connectivity index (χ4n) is 7.60. The van der Waals surface area contributed by atoms with Crippen molar-refractivity contribution in [2.24, 2.45) is 5.92 Å². The van der Waals surface area contributed by atoms with Gasteiger partial charge in [-0.15, -0.1) is 0 Å². The molecule has 0 heteroatoms. The van der Waals surface area contributed by atoms with Crippen LogP contribution in [0.4, 0.5) is 0 Å². The van der Waals surface area contributed by atoms with Gasteiger partial charge in [0.25, 0.3) is 0 Å². The highest BCUT2D eigenvalue weighted by Crippen LogP contribution is 2.24. The molecule has 0 nitrogen and oxygen atoms in total. The minimum Gasteiger partial charge on any atom is -0.0654 e. The Morgan fingerprint density at radius 2 is 0.333 bits per heavy atom. The number of hydrogen-bond acceptors (Lipinski definition) is 0. The summed E-state index contributed by atoms with van der Waals surface area (Å²) in [5, 5.41) is 0. The third-order valence-corrected chi connectivity index (χ3v) is 10.9. The molecule has 0 saturated heterocycles. The van der Waals surface area contributed by atoms with Crippen molar-refractivity contribution in [1.82, 2.24) is 0 Å². The second-order valence-electron chi connectivity index (χ2n) is 15.6. The molecule has 0 spiro atoms. The van der Waals surface area contributed by atoms with E-state index in [1.165, 1.54) is 263 Å². The second-order valence-corrected chi connectivity index (χ2v) is 15.6. The summed E-state index contributed by atoms with van der Waals surface area (Å²) in [6, 6.07) is 0. The lowest BCUT2D eigenvalue weighted by Gasteiger charge is -2.16. The standard InChI is InChI=1S/C45H92/c1-4-7-10-12-14-16-18-20-22-23-24-25-26-27-29-31-33-35-37-39-41-44-45(42-9-6-3)43-40-38-36-34-32-30-28-21-19-17-15-13-11-8-5-2/h45H,4-44H2,1-3H3. The van der Waals surface area contributed by atoms with Crippen LogP contribution in [0.15, 0.2) is 0 Å². The van der Waals surface area contributed by atoms with Crippen LogP contribution >= 0.6 is 0 Å². The van der Waals surface area contributed by atoms with Crippen molar-refractivity contribution in [2.45, 2.75) is 284 Å². The number of unbranched alkanes of at least 4 members (excludes halogenated alkanes) is 35. The lowest BCUT2D eigenvalue weighted by atomic mass is 9.90. The maximum Gasteiger partial charge on any atom is -0.0414 e. The van der Waals surface area contributed by atoms with E-state index in [0.717, 1.165) is 5.92 Å². The highest BCUT2D eigenvalue weighted by molar-refractivity contribution is 4.62. The van der Waals surface area contributed by atoms with Gasteiger partial charge in [0.2, 0.25) is 0 Å². The van der Waals surface area contributed by atoms with Crippen LogP contribution in [0.25, 0.3) is 0 Å². The fraction of sp³-hybridized carbons (Fsp3) is 1.00. The van der Waals surface area contributed by atoms with Crippen LogP contribution in [0.3, 0.4) is 0 Å². The molecule has 0 amide bonds. The molecule has 0 aromatic heterocycles. The summed E-state index contributed by atoms with van der Waals surface area (Å²) >= 11 is 0. The third-order valence-electron chi connectivity index (χ3n) is 10.9. The molecular weight excluding hydrogens is 540 g/mol. The Hall–Kier alpha value is 0. The van der Waals surface area contributed by atoms with Gasteiger partial charge in [0.05, 0.1) is 0 Å². The Balaban J connectivity index is 3.41. The number of hydrogen-bond donors (Lipinski definition) is 0. The Morgan fingerprint density at radius 3 is 0.533 bits per heavy atom. The summed E-state index contributed by atoms with van der Waals surface area (Å²) in [6.07, 6.45) is 60.8. The fourth-order valence-corrected chi connectivity index (χ4v) is 7.60. The molecule has 0 aliphatic heterocycles. The zero-order valence-corrected chi connectivity index (χ0v) is 32.6. The number of rotatable bonds is 41. The van der Waals surface area contributed by atoms with Gasteiger partial charge in [0.15, 0.2) is 0 Å². The average Bonchev–Trinajstić information content (AvgIpc) is 3.05. The van der Waals surface area contributed by atoms with Crippen LogP contribution in [0.1, 0.15) is 284 Å². The SMILES string of the molecule is CCCCCCCCCCCCCCCCCCCCCCCC(CCCC)CCCCCCCCCCCCCCCCC. The average molecular weight is 633 g/mol. The molecule has 0 radical (unpaired) electrons. The second kappa shape index (κ2) is 42.0. The van der Waals surface area contributed by atoms with Gasteiger partial charge in [-0.1, -0.05) is 284 Å². The molecule has 0 bridgehead atoms. The molecular formula is C45H92. The maximum atomic E-state index is 2.38. The molecule has 1 unspecified atom stereocenters. The molecule has 272 valence electrons. The van der Waals surface area contributed by atoms with E-state index >= 15 is 0 Å². The van der Waals surface area contributed by atoms with Crippen LogP contribution in [-0.2, 0) is 0 Å². The molecule has 0 aliphatic carbocycles. The van der Waals surface area contributed by atoms with Gasteiger partial charge >= 0.3 is 0 Å². The Bertz CT molecular complexity index is 480. The summed E-state index contributed by atoms with van der Waals surface area (Å²) in [4.78, 5) is 0. The smallest absolute Gasteiger partial charge is 0.0414 e. The van der Waals surface area contributed by atoms with Gasteiger partial charge in [-0.2, -0.15) is 0 Å². The van der Waals surface area contributed by atoms with E-state index in [4.69, 9.17) is 0 Å². The van der Waals surface area contributed by atoms with E-state index in [2.05, 4.69) is 20.8 Å². The van der Waals surface area contributed by atoms with Crippen molar-refractivity contribution in [1.29, 1.82) is 0 Å². The zero-order valence-electron chi connectivity index (χ0n) is 32.6. The van der Waals surface area contributed by atoms with Crippen molar-refractivity contribution < 1.29 is 0 Å². The van der Waals surface area contributed by atoms with Crippen LogP contribution < -0.4 is 0 Å². The highest BCUT2D eigenvalue weighted by Gasteiger charge is 2.08. The van der Waals surface area contributed by atoms with Gasteiger partial charge in [-0.05, 0) is 5.92 Å². The monoisotopic (exact) mass is 633 g/mol. The van der Waals surface area contributed by atoms with Crippen molar-refractivity contribution in [3.63, 3.8) is 0 Å². The Kier molecular flexibility index (Phi) is 42.0. The molecule has 0 fully saturated rings. The molecule has 0 aromatic carbocycles. The molecule has 45 heavy (non-hydrogen) atoms. The van der Waals surface area contributed by atoms with Gasteiger partial charge < -0.3 is 0 Å². The van der Waals surface area contributed by atoms with Crippen LogP contribution in [0, 0.1) is 5.92 Å². The summed E-state index contributed by atoms with van der Waals surface area (Å²) in [5.74, 6) is 1.03. The minimum atomic E-state index is 1.03. The molecule has 0 saturated carbocycles. The molecule has 0 rings (SSSR count). The van der Waals surface area contributed by atoms with Crippen molar-refractivity contribution in [3.8, 4) is 0 Å². The van der Waals surface area contributed by atoms with Crippen LogP contribution in [0.2, 0.25) is 0 Å². The first kappa shape index (κ1) is 45.0. The molecule has 0 N–H and O–H groups in total. The Labute approximate surface area is 289 Å². The predicted octanol–water partition coefficient (Wildman–Crippen LogP) is 17.7. The summed E-state index contributed by atoms with van der Waals surface area (Å²) in [5.41, 5.74) is 0. The summed E-state index contributed by atoms with van der Waals surface area (Å²) < 4.78 is 0. The van der Waals surface area contributed by atoms with E-state index in [9.17, 15) is 0 Å². The van der Waals surface area contributed by atoms with Crippen LogP contribution in [-0.4, -0.2) is 0 Å². The quantitative estimate of drug-likeness (QED) is 0.0588. The third kappa shape index (κ3) is 40.1. The first-order valence-electron chi connectivity index (χ1n) is 22.3. The summed E-state index contributed by atoms with van der Waals surface area (Å²) in [6.45, 7) is 7.01. The normalized spacial score (nSPS) is 12.3. The van der Waals surface area contributed by atoms with Gasteiger partial charge in [-0.3, -0.25) is 0 Å². The highest BCUT2D eigenvalue weighted by atomic mass is 14.1. The molecule has 0 aliphatic rings. The van der Waals surface area contributed by atoms with E-state index in [1.807, 2.05) is 0 Å². The van der Waals surface area contributed by atoms with Crippen molar-refractivity contribution in [2.75, 3.05) is 0 Å². The zero-order chi connectivity index (χ0) is 32.6. The van der Waals surface area contributed by atoms with E-state index in [1.54, 1.807) is 0 Å².